The molecule has 1 saturated heterocycles. The van der Waals surface area contributed by atoms with Gasteiger partial charge in [0.15, 0.2) is 12.4 Å². The van der Waals surface area contributed by atoms with Gasteiger partial charge in [0, 0.05) is 44.3 Å². The number of hydrogen-bond donors (Lipinski definition) is 0. The number of rotatable bonds is 4. The van der Waals surface area contributed by atoms with E-state index in [1.54, 1.807) is 35.5 Å². The van der Waals surface area contributed by atoms with Gasteiger partial charge in [-0.1, -0.05) is 29.3 Å². The van der Waals surface area contributed by atoms with Gasteiger partial charge in [0.2, 0.25) is 0 Å². The molecule has 24 heavy (non-hydrogen) atoms. The van der Waals surface area contributed by atoms with Crippen molar-refractivity contribution in [2.45, 2.75) is 0 Å². The standard InChI is InChI=1S/C17H17Cl2N3O2/c18-14-2-1-3-15(19)17(14)24-12-16(23)22-10-8-21(9-11-22)13-4-6-20-7-5-13/h1-7H,8-12H2. The molecule has 0 saturated carbocycles. The number of anilines is 1. The fraction of sp³-hybridized carbons (Fsp3) is 0.294. The van der Waals surface area contributed by atoms with E-state index in [0.29, 0.717) is 28.9 Å². The predicted octanol–water partition coefficient (Wildman–Crippen LogP) is 3.12. The van der Waals surface area contributed by atoms with Gasteiger partial charge in [-0.15, -0.1) is 0 Å². The molecule has 0 unspecified atom stereocenters. The lowest BCUT2D eigenvalue weighted by molar-refractivity contribution is -0.133. The van der Waals surface area contributed by atoms with Crippen LogP contribution < -0.4 is 9.64 Å². The lowest BCUT2D eigenvalue weighted by Crippen LogP contribution is -2.50. The van der Waals surface area contributed by atoms with Gasteiger partial charge in [0.25, 0.3) is 5.91 Å². The van der Waals surface area contributed by atoms with Crippen LogP contribution in [0.5, 0.6) is 5.75 Å². The molecule has 1 fully saturated rings. The SMILES string of the molecule is O=C(COc1c(Cl)cccc1Cl)N1CCN(c2ccncc2)CC1. The number of carbonyl (C=O) groups is 1. The molecule has 126 valence electrons. The summed E-state index contributed by atoms with van der Waals surface area (Å²) in [7, 11) is 0. The highest BCUT2D eigenvalue weighted by Gasteiger charge is 2.22. The number of hydrogen-bond acceptors (Lipinski definition) is 4. The molecule has 5 nitrogen and oxygen atoms in total. The molecular weight excluding hydrogens is 349 g/mol. The van der Waals surface area contributed by atoms with Gasteiger partial charge in [0.1, 0.15) is 0 Å². The van der Waals surface area contributed by atoms with E-state index >= 15 is 0 Å². The summed E-state index contributed by atoms with van der Waals surface area (Å²) in [5.41, 5.74) is 1.12. The number of amides is 1. The summed E-state index contributed by atoms with van der Waals surface area (Å²) in [5.74, 6) is 0.282. The number of aromatic nitrogens is 1. The topological polar surface area (TPSA) is 45.7 Å². The van der Waals surface area contributed by atoms with Crippen molar-refractivity contribution in [3.8, 4) is 5.75 Å². The van der Waals surface area contributed by atoms with E-state index in [-0.39, 0.29) is 12.5 Å². The Balaban J connectivity index is 1.52. The van der Waals surface area contributed by atoms with Crippen LogP contribution in [0, 0.1) is 0 Å². The van der Waals surface area contributed by atoms with Gasteiger partial charge in [-0.3, -0.25) is 9.78 Å². The average Bonchev–Trinajstić information content (AvgIpc) is 2.62. The molecule has 1 amide bonds. The second kappa shape index (κ2) is 7.73. The van der Waals surface area contributed by atoms with Crippen molar-refractivity contribution in [3.05, 3.63) is 52.8 Å². The monoisotopic (exact) mass is 365 g/mol. The molecule has 0 atom stereocenters. The molecule has 1 aromatic carbocycles. The molecule has 0 radical (unpaired) electrons. The van der Waals surface area contributed by atoms with Crippen molar-refractivity contribution in [2.24, 2.45) is 0 Å². The number of halogens is 2. The molecule has 0 spiro atoms. The molecule has 0 bridgehead atoms. The largest absolute Gasteiger partial charge is 0.481 e. The fourth-order valence-electron chi connectivity index (χ4n) is 2.61. The number of piperazine rings is 1. The Kier molecular flexibility index (Phi) is 5.43. The van der Waals surface area contributed by atoms with E-state index in [0.717, 1.165) is 18.8 Å². The van der Waals surface area contributed by atoms with E-state index in [9.17, 15) is 4.79 Å². The van der Waals surface area contributed by atoms with Crippen molar-refractivity contribution >= 4 is 34.8 Å². The average molecular weight is 366 g/mol. The van der Waals surface area contributed by atoms with Gasteiger partial charge < -0.3 is 14.5 Å². The van der Waals surface area contributed by atoms with Gasteiger partial charge in [-0.2, -0.15) is 0 Å². The van der Waals surface area contributed by atoms with Crippen LogP contribution in [0.15, 0.2) is 42.7 Å². The second-order valence-corrected chi connectivity index (χ2v) is 6.23. The molecule has 1 aliphatic rings. The smallest absolute Gasteiger partial charge is 0.260 e. The zero-order valence-corrected chi connectivity index (χ0v) is 14.5. The summed E-state index contributed by atoms with van der Waals surface area (Å²) in [5, 5.41) is 0.801. The minimum atomic E-state index is -0.0707. The van der Waals surface area contributed by atoms with Crippen molar-refractivity contribution < 1.29 is 9.53 Å². The number of nitrogens with zero attached hydrogens (tertiary/aromatic N) is 3. The minimum absolute atomic E-state index is 0.0691. The van der Waals surface area contributed by atoms with E-state index in [1.807, 2.05) is 12.1 Å². The molecule has 0 N–H and O–H groups in total. The third-order valence-electron chi connectivity index (χ3n) is 3.92. The van der Waals surface area contributed by atoms with Crippen LogP contribution in [0.1, 0.15) is 0 Å². The number of ether oxygens (including phenoxy) is 1. The van der Waals surface area contributed by atoms with Gasteiger partial charge in [-0.25, -0.2) is 0 Å². The van der Waals surface area contributed by atoms with Crippen LogP contribution in [-0.4, -0.2) is 48.6 Å². The first-order valence-electron chi connectivity index (χ1n) is 7.64. The summed E-state index contributed by atoms with van der Waals surface area (Å²) in [6, 6.07) is 9.04. The molecule has 0 aliphatic carbocycles. The molecule has 3 rings (SSSR count). The Labute approximate surface area is 150 Å². The zero-order valence-electron chi connectivity index (χ0n) is 13.0. The maximum atomic E-state index is 12.3. The summed E-state index contributed by atoms with van der Waals surface area (Å²) in [6.45, 7) is 2.80. The van der Waals surface area contributed by atoms with Crippen molar-refractivity contribution in [3.63, 3.8) is 0 Å². The van der Waals surface area contributed by atoms with E-state index in [4.69, 9.17) is 27.9 Å². The Bertz CT molecular complexity index is 684. The summed E-state index contributed by atoms with van der Waals surface area (Å²) in [6.07, 6.45) is 3.54. The van der Waals surface area contributed by atoms with Crippen LogP contribution in [0.3, 0.4) is 0 Å². The molecule has 1 aromatic heterocycles. The Morgan fingerprint density at radius 2 is 1.67 bits per heavy atom. The van der Waals surface area contributed by atoms with Crippen molar-refractivity contribution in [1.82, 2.24) is 9.88 Å². The van der Waals surface area contributed by atoms with E-state index < -0.39 is 0 Å². The number of carbonyl (C=O) groups excluding carboxylic acids is 1. The summed E-state index contributed by atoms with van der Waals surface area (Å²) in [4.78, 5) is 20.4. The maximum absolute atomic E-state index is 12.3. The van der Waals surface area contributed by atoms with E-state index in [1.165, 1.54) is 0 Å². The molecule has 2 aromatic rings. The number of benzene rings is 1. The van der Waals surface area contributed by atoms with Crippen LogP contribution in [0.25, 0.3) is 0 Å². The van der Waals surface area contributed by atoms with Crippen molar-refractivity contribution in [1.29, 1.82) is 0 Å². The summed E-state index contributed by atoms with van der Waals surface area (Å²) < 4.78 is 5.52. The first kappa shape index (κ1) is 16.9. The zero-order chi connectivity index (χ0) is 16.9. The quantitative estimate of drug-likeness (QED) is 0.834. The molecule has 1 aliphatic heterocycles. The third-order valence-corrected chi connectivity index (χ3v) is 4.51. The highest BCUT2D eigenvalue weighted by atomic mass is 35.5. The normalized spacial score (nSPS) is 14.6. The molecular formula is C17H17Cl2N3O2. The van der Waals surface area contributed by atoms with Gasteiger partial charge in [0.05, 0.1) is 10.0 Å². The highest BCUT2D eigenvalue weighted by Crippen LogP contribution is 2.32. The Hall–Kier alpha value is -1.98. The molecule has 7 heteroatoms. The van der Waals surface area contributed by atoms with Crippen molar-refractivity contribution in [2.75, 3.05) is 37.7 Å². The third kappa shape index (κ3) is 3.91. The predicted molar refractivity (Wildman–Crippen MR) is 95.0 cm³/mol. The first-order valence-corrected chi connectivity index (χ1v) is 8.40. The fourth-order valence-corrected chi connectivity index (χ4v) is 3.12. The lowest BCUT2D eigenvalue weighted by atomic mass is 10.2. The van der Waals surface area contributed by atoms with Crippen LogP contribution in [0.2, 0.25) is 10.0 Å². The number of para-hydroxylation sites is 1. The van der Waals surface area contributed by atoms with Gasteiger partial charge in [-0.05, 0) is 24.3 Å². The Morgan fingerprint density at radius 1 is 1.04 bits per heavy atom. The maximum Gasteiger partial charge on any atom is 0.260 e. The van der Waals surface area contributed by atoms with Crippen LogP contribution in [0.4, 0.5) is 5.69 Å². The lowest BCUT2D eigenvalue weighted by Gasteiger charge is -2.36. The first-order chi connectivity index (χ1) is 11.6. The minimum Gasteiger partial charge on any atom is -0.481 e. The van der Waals surface area contributed by atoms with Crippen LogP contribution >= 0.6 is 23.2 Å². The summed E-state index contributed by atoms with van der Waals surface area (Å²) >= 11 is 12.1. The number of pyridine rings is 1. The van der Waals surface area contributed by atoms with E-state index in [2.05, 4.69) is 9.88 Å². The second-order valence-electron chi connectivity index (χ2n) is 5.41. The highest BCUT2D eigenvalue weighted by molar-refractivity contribution is 6.37. The molecule has 2 heterocycles. The van der Waals surface area contributed by atoms with Crippen LogP contribution in [-0.2, 0) is 4.79 Å². The van der Waals surface area contributed by atoms with Gasteiger partial charge >= 0.3 is 0 Å². The Morgan fingerprint density at radius 3 is 2.29 bits per heavy atom.